The molecule has 0 aliphatic heterocycles. The highest BCUT2D eigenvalue weighted by molar-refractivity contribution is 7.99. The Bertz CT molecular complexity index is 1200. The number of esters is 1. The number of hydrogen-bond donors (Lipinski definition) is 0. The predicted octanol–water partition coefficient (Wildman–Crippen LogP) is 4.63. The van der Waals surface area contributed by atoms with Gasteiger partial charge in [-0.3, -0.25) is 14.2 Å². The molecule has 1 aliphatic carbocycles. The Morgan fingerprint density at radius 3 is 2.59 bits per heavy atom. The van der Waals surface area contributed by atoms with Crippen LogP contribution in [0.5, 0.6) is 0 Å². The van der Waals surface area contributed by atoms with E-state index in [1.165, 1.54) is 6.07 Å². The fourth-order valence-electron chi connectivity index (χ4n) is 3.81. The van der Waals surface area contributed by atoms with Crippen LogP contribution in [-0.2, 0) is 14.3 Å². The molecular formula is C25H25FN4O3S. The van der Waals surface area contributed by atoms with Crippen LogP contribution in [0.2, 0.25) is 0 Å². The maximum Gasteiger partial charge on any atom is 0.316 e. The zero-order chi connectivity index (χ0) is 23.9. The second-order valence-electron chi connectivity index (χ2n) is 7.63. The summed E-state index contributed by atoms with van der Waals surface area (Å²) in [7, 11) is 0. The lowest BCUT2D eigenvalue weighted by Crippen LogP contribution is -2.33. The molecule has 3 aromatic rings. The van der Waals surface area contributed by atoms with Gasteiger partial charge in [0.2, 0.25) is 0 Å². The number of thioether (sulfide) groups is 1. The van der Waals surface area contributed by atoms with E-state index in [0.29, 0.717) is 23.1 Å². The summed E-state index contributed by atoms with van der Waals surface area (Å²) in [5.74, 6) is -0.920. The number of ether oxygens (including phenoxy) is 1. The molecule has 0 saturated heterocycles. The topological polar surface area (TPSA) is 77.3 Å². The van der Waals surface area contributed by atoms with Crippen LogP contribution in [0.4, 0.5) is 4.39 Å². The van der Waals surface area contributed by atoms with Crippen molar-refractivity contribution in [3.63, 3.8) is 0 Å². The zero-order valence-electron chi connectivity index (χ0n) is 18.8. The van der Waals surface area contributed by atoms with Crippen LogP contribution in [0, 0.1) is 5.82 Å². The Balaban J connectivity index is 1.45. The van der Waals surface area contributed by atoms with Crippen molar-refractivity contribution in [3.05, 3.63) is 72.2 Å². The maximum atomic E-state index is 14.5. The number of para-hydroxylation sites is 1. The predicted molar refractivity (Wildman–Crippen MR) is 128 cm³/mol. The number of halogens is 1. The van der Waals surface area contributed by atoms with Gasteiger partial charge in [0, 0.05) is 17.9 Å². The van der Waals surface area contributed by atoms with E-state index in [0.717, 1.165) is 42.4 Å². The molecule has 9 heteroatoms. The van der Waals surface area contributed by atoms with E-state index >= 15 is 0 Å². The number of nitrogens with zero attached hydrogens (tertiary/aromatic N) is 4. The van der Waals surface area contributed by atoms with Crippen molar-refractivity contribution in [1.82, 2.24) is 19.7 Å². The van der Waals surface area contributed by atoms with Crippen LogP contribution in [0.3, 0.4) is 0 Å². The third-order valence-electron chi connectivity index (χ3n) is 5.42. The average Bonchev–Trinajstić information content (AvgIpc) is 3.53. The largest absolute Gasteiger partial charge is 0.455 e. The second kappa shape index (κ2) is 11.1. The van der Waals surface area contributed by atoms with Crippen molar-refractivity contribution in [3.8, 4) is 17.1 Å². The number of amides is 1. The van der Waals surface area contributed by atoms with Crippen LogP contribution in [-0.4, -0.2) is 50.4 Å². The van der Waals surface area contributed by atoms with E-state index in [9.17, 15) is 14.0 Å². The summed E-state index contributed by atoms with van der Waals surface area (Å²) in [6, 6.07) is 15.6. The van der Waals surface area contributed by atoms with Gasteiger partial charge in [-0.05, 0) is 50.5 Å². The van der Waals surface area contributed by atoms with Gasteiger partial charge < -0.3 is 9.64 Å². The Kier molecular flexibility index (Phi) is 7.74. The highest BCUT2D eigenvalue weighted by atomic mass is 32.2. The van der Waals surface area contributed by atoms with Gasteiger partial charge >= 0.3 is 5.97 Å². The highest BCUT2D eigenvalue weighted by Crippen LogP contribution is 2.29. The molecule has 7 nitrogen and oxygen atoms in total. The van der Waals surface area contributed by atoms with Crippen molar-refractivity contribution < 1.29 is 18.7 Å². The Morgan fingerprint density at radius 2 is 1.88 bits per heavy atom. The molecular weight excluding hydrogens is 455 g/mol. The van der Waals surface area contributed by atoms with Gasteiger partial charge in [-0.25, -0.2) is 4.39 Å². The molecule has 176 valence electrons. The molecule has 4 rings (SSSR count). The van der Waals surface area contributed by atoms with Crippen molar-refractivity contribution in [1.29, 1.82) is 0 Å². The molecule has 0 N–H and O–H groups in total. The number of allylic oxidation sites excluding steroid dienone is 2. The molecule has 0 saturated carbocycles. The first-order chi connectivity index (χ1) is 16.6. The SMILES string of the molecule is CCN(C(=O)COC(=O)CSc1nnc(-c2ccccc2F)n1-c1ccccc1)C1=CCCC1. The van der Waals surface area contributed by atoms with Crippen molar-refractivity contribution >= 4 is 23.6 Å². The smallest absolute Gasteiger partial charge is 0.316 e. The van der Waals surface area contributed by atoms with Gasteiger partial charge in [0.15, 0.2) is 17.6 Å². The van der Waals surface area contributed by atoms with Gasteiger partial charge in [-0.2, -0.15) is 0 Å². The summed E-state index contributed by atoms with van der Waals surface area (Å²) in [6.45, 7) is 2.13. The van der Waals surface area contributed by atoms with E-state index in [4.69, 9.17) is 4.74 Å². The first-order valence-electron chi connectivity index (χ1n) is 11.1. The lowest BCUT2D eigenvalue weighted by molar-refractivity contribution is -0.149. The lowest BCUT2D eigenvalue weighted by Gasteiger charge is -2.22. The highest BCUT2D eigenvalue weighted by Gasteiger charge is 2.22. The molecule has 34 heavy (non-hydrogen) atoms. The number of carbonyl (C=O) groups is 2. The van der Waals surface area contributed by atoms with E-state index < -0.39 is 11.8 Å². The van der Waals surface area contributed by atoms with Gasteiger partial charge in [-0.1, -0.05) is 48.2 Å². The van der Waals surface area contributed by atoms with Crippen LogP contribution in [0.25, 0.3) is 17.1 Å². The van der Waals surface area contributed by atoms with Crippen LogP contribution in [0.15, 0.2) is 71.5 Å². The van der Waals surface area contributed by atoms with E-state index in [1.807, 2.05) is 37.3 Å². The quantitative estimate of drug-likeness (QED) is 0.328. The van der Waals surface area contributed by atoms with E-state index in [2.05, 4.69) is 16.3 Å². The molecule has 0 fully saturated rings. The number of benzene rings is 2. The minimum Gasteiger partial charge on any atom is -0.455 e. The minimum absolute atomic E-state index is 0.0651. The zero-order valence-corrected chi connectivity index (χ0v) is 19.6. The van der Waals surface area contributed by atoms with Crippen molar-refractivity contribution in [2.24, 2.45) is 0 Å². The van der Waals surface area contributed by atoms with Crippen LogP contribution < -0.4 is 0 Å². The average molecular weight is 481 g/mol. The van der Waals surface area contributed by atoms with Crippen molar-refractivity contribution in [2.75, 3.05) is 18.9 Å². The Labute approximate surface area is 201 Å². The molecule has 0 atom stereocenters. The third kappa shape index (κ3) is 5.36. The normalized spacial score (nSPS) is 12.9. The summed E-state index contributed by atoms with van der Waals surface area (Å²) >= 11 is 1.12. The minimum atomic E-state index is -0.537. The van der Waals surface area contributed by atoms with Gasteiger partial charge in [0.1, 0.15) is 5.82 Å². The standard InChI is InChI=1S/C25H25FN4O3S/c1-2-29(18-10-6-7-11-18)22(31)16-33-23(32)17-34-25-28-27-24(20-14-8-9-15-21(20)26)30(25)19-12-4-3-5-13-19/h3-5,8-10,12-15H,2,6-7,11,16-17H2,1H3. The fraction of sp³-hybridized carbons (Fsp3) is 0.280. The number of carbonyl (C=O) groups excluding carboxylic acids is 2. The molecule has 1 aromatic heterocycles. The second-order valence-corrected chi connectivity index (χ2v) is 8.57. The first kappa shape index (κ1) is 23.7. The number of rotatable bonds is 9. The number of aromatic nitrogens is 3. The fourth-order valence-corrected chi connectivity index (χ4v) is 4.56. The van der Waals surface area contributed by atoms with Crippen LogP contribution in [0.1, 0.15) is 26.2 Å². The summed E-state index contributed by atoms with van der Waals surface area (Å²) < 4.78 is 21.4. The molecule has 0 radical (unpaired) electrons. The Hall–Kier alpha value is -3.46. The summed E-state index contributed by atoms with van der Waals surface area (Å²) in [4.78, 5) is 26.6. The number of likely N-dealkylation sites (N-methyl/N-ethyl adjacent to an activating group) is 1. The number of hydrogen-bond acceptors (Lipinski definition) is 6. The summed E-state index contributed by atoms with van der Waals surface area (Å²) in [5, 5.41) is 8.79. The van der Waals surface area contributed by atoms with E-state index in [1.54, 1.807) is 27.7 Å². The molecule has 1 aliphatic rings. The van der Waals surface area contributed by atoms with Gasteiger partial charge in [0.05, 0.1) is 11.3 Å². The molecule has 2 aromatic carbocycles. The molecule has 1 heterocycles. The summed E-state index contributed by atoms with van der Waals surface area (Å²) in [6.07, 6.45) is 4.92. The maximum absolute atomic E-state index is 14.5. The van der Waals surface area contributed by atoms with E-state index in [-0.39, 0.29) is 18.3 Å². The molecule has 1 amide bonds. The lowest BCUT2D eigenvalue weighted by atomic mass is 10.2. The first-order valence-corrected chi connectivity index (χ1v) is 12.1. The van der Waals surface area contributed by atoms with Crippen molar-refractivity contribution in [2.45, 2.75) is 31.3 Å². The Morgan fingerprint density at radius 1 is 1.12 bits per heavy atom. The van der Waals surface area contributed by atoms with Gasteiger partial charge in [-0.15, -0.1) is 10.2 Å². The molecule has 0 unspecified atom stereocenters. The molecule has 0 spiro atoms. The van der Waals surface area contributed by atoms with Crippen LogP contribution >= 0.6 is 11.8 Å². The summed E-state index contributed by atoms with van der Waals surface area (Å²) in [5.41, 5.74) is 2.04. The van der Waals surface area contributed by atoms with Gasteiger partial charge in [0.25, 0.3) is 5.91 Å². The molecule has 0 bridgehead atoms. The third-order valence-corrected chi connectivity index (χ3v) is 6.32. The monoisotopic (exact) mass is 480 g/mol.